The summed E-state index contributed by atoms with van der Waals surface area (Å²) >= 11 is 0. The first-order valence-corrected chi connectivity index (χ1v) is 10.7. The summed E-state index contributed by atoms with van der Waals surface area (Å²) in [6.07, 6.45) is 23.2. The van der Waals surface area contributed by atoms with Gasteiger partial charge in [0.05, 0.1) is 20.6 Å². The molecule has 156 valence electrons. The molecular formula is C22H45NO3. The van der Waals surface area contributed by atoms with Gasteiger partial charge in [0, 0.05) is 0 Å². The van der Waals surface area contributed by atoms with E-state index >= 15 is 0 Å². The monoisotopic (exact) mass is 371 g/mol. The summed E-state index contributed by atoms with van der Waals surface area (Å²) in [4.78, 5) is 10.8. The van der Waals surface area contributed by atoms with Gasteiger partial charge >= 0.3 is 5.97 Å². The van der Waals surface area contributed by atoms with E-state index in [9.17, 15) is 4.79 Å². The second-order valence-electron chi connectivity index (χ2n) is 8.15. The maximum absolute atomic E-state index is 10.8. The molecule has 0 atom stereocenters. The molecule has 4 heteroatoms. The maximum Gasteiger partial charge on any atom is 0.359 e. The van der Waals surface area contributed by atoms with Gasteiger partial charge in [0.2, 0.25) is 0 Å². The molecule has 0 aromatic heterocycles. The van der Waals surface area contributed by atoms with Gasteiger partial charge in [-0.2, -0.15) is 0 Å². The third-order valence-corrected chi connectivity index (χ3v) is 4.84. The highest BCUT2D eigenvalue weighted by Gasteiger charge is 2.18. The normalized spacial score (nSPS) is 11.7. The largest absolute Gasteiger partial charge is 0.870 e. The molecule has 0 aromatic carbocycles. The minimum Gasteiger partial charge on any atom is -0.870 e. The van der Waals surface area contributed by atoms with Crippen LogP contribution in [0.3, 0.4) is 0 Å². The van der Waals surface area contributed by atoms with Crippen LogP contribution in [-0.2, 0) is 4.79 Å². The Balaban J connectivity index is 0. The number of hydrogen-bond acceptors (Lipinski definition) is 2. The molecule has 0 unspecified atom stereocenters. The predicted octanol–water partition coefficient (Wildman–Crippen LogP) is 6.01. The molecule has 0 aromatic rings. The minimum atomic E-state index is -0.699. The van der Waals surface area contributed by atoms with Crippen LogP contribution in [0.25, 0.3) is 0 Å². The van der Waals surface area contributed by atoms with Gasteiger partial charge < -0.3 is 15.1 Å². The quantitative estimate of drug-likeness (QED) is 0.182. The third kappa shape index (κ3) is 21.2. The van der Waals surface area contributed by atoms with Crippen LogP contribution in [0, 0.1) is 0 Å². The number of carboxylic acid groups (broad SMARTS) is 1. The highest BCUT2D eigenvalue weighted by Crippen LogP contribution is 2.11. The first-order chi connectivity index (χ1) is 12.0. The van der Waals surface area contributed by atoms with Crippen LogP contribution in [0.4, 0.5) is 0 Å². The van der Waals surface area contributed by atoms with Crippen molar-refractivity contribution in [1.82, 2.24) is 0 Å². The van der Waals surface area contributed by atoms with Gasteiger partial charge in [0.1, 0.15) is 0 Å². The van der Waals surface area contributed by atoms with Crippen molar-refractivity contribution in [3.05, 3.63) is 12.2 Å². The SMILES string of the molecule is CCCCCCCCC=CCCCCCCCC[N+](C)(C)CC(=O)O.[OH-]. The zero-order chi connectivity index (χ0) is 18.8. The van der Waals surface area contributed by atoms with Gasteiger partial charge in [-0.25, -0.2) is 4.79 Å². The molecule has 0 rings (SSSR count). The molecule has 0 fully saturated rings. The number of aliphatic carboxylic acids is 1. The summed E-state index contributed by atoms with van der Waals surface area (Å²) in [5, 5.41) is 8.86. The second-order valence-corrected chi connectivity index (χ2v) is 8.15. The molecule has 0 heterocycles. The van der Waals surface area contributed by atoms with Crippen LogP contribution < -0.4 is 0 Å². The summed E-state index contributed by atoms with van der Waals surface area (Å²) in [7, 11) is 4.01. The number of likely N-dealkylation sites (N-methyl/N-ethyl adjacent to an activating group) is 1. The highest BCUT2D eigenvalue weighted by molar-refractivity contribution is 5.67. The highest BCUT2D eigenvalue weighted by atomic mass is 16.4. The number of allylic oxidation sites excluding steroid dienone is 2. The Morgan fingerprint density at radius 2 is 1.19 bits per heavy atom. The third-order valence-electron chi connectivity index (χ3n) is 4.84. The Morgan fingerprint density at radius 3 is 1.65 bits per heavy atom. The van der Waals surface area contributed by atoms with Crippen molar-refractivity contribution in [1.29, 1.82) is 0 Å². The standard InChI is InChI=1S/C22H43NO2.H2O/c1-4-5-6-7-8-9-10-11-12-13-14-15-16-17-18-19-20-23(2,3)21-22(24)25;/h11-12H,4-10,13-21H2,1-3H3;1H2. The average Bonchev–Trinajstić information content (AvgIpc) is 2.53. The van der Waals surface area contributed by atoms with Crippen molar-refractivity contribution in [3.8, 4) is 0 Å². The van der Waals surface area contributed by atoms with E-state index in [1.807, 2.05) is 14.1 Å². The van der Waals surface area contributed by atoms with Crippen molar-refractivity contribution in [2.75, 3.05) is 27.2 Å². The maximum atomic E-state index is 10.8. The van der Waals surface area contributed by atoms with Gasteiger partial charge in [-0.3, -0.25) is 0 Å². The van der Waals surface area contributed by atoms with Gasteiger partial charge in [-0.05, 0) is 38.5 Å². The topological polar surface area (TPSA) is 67.3 Å². The Labute approximate surface area is 162 Å². The molecule has 0 saturated carbocycles. The van der Waals surface area contributed by atoms with Crippen LogP contribution in [0.15, 0.2) is 12.2 Å². The van der Waals surface area contributed by atoms with E-state index in [0.717, 1.165) is 13.0 Å². The molecule has 0 saturated heterocycles. The number of rotatable bonds is 18. The summed E-state index contributed by atoms with van der Waals surface area (Å²) in [6, 6.07) is 0. The van der Waals surface area contributed by atoms with Gasteiger partial charge in [0.15, 0.2) is 6.54 Å². The lowest BCUT2D eigenvalue weighted by Crippen LogP contribution is -2.44. The summed E-state index contributed by atoms with van der Waals surface area (Å²) in [5.74, 6) is -0.699. The second kappa shape index (κ2) is 18.9. The summed E-state index contributed by atoms with van der Waals surface area (Å²) < 4.78 is 0.596. The van der Waals surface area contributed by atoms with Gasteiger partial charge in [0.25, 0.3) is 0 Å². The van der Waals surface area contributed by atoms with Crippen LogP contribution in [-0.4, -0.2) is 48.2 Å². The predicted molar refractivity (Wildman–Crippen MR) is 111 cm³/mol. The molecular weight excluding hydrogens is 326 g/mol. The fraction of sp³-hybridized carbons (Fsp3) is 0.864. The number of nitrogens with zero attached hydrogens (tertiary/aromatic N) is 1. The first-order valence-electron chi connectivity index (χ1n) is 10.7. The number of hydrogen-bond donors (Lipinski definition) is 1. The molecule has 0 aliphatic heterocycles. The molecule has 0 radical (unpaired) electrons. The van der Waals surface area contributed by atoms with Crippen LogP contribution >= 0.6 is 0 Å². The summed E-state index contributed by atoms with van der Waals surface area (Å²) in [6.45, 7) is 3.46. The van der Waals surface area contributed by atoms with Crippen molar-refractivity contribution in [2.24, 2.45) is 0 Å². The van der Waals surface area contributed by atoms with E-state index in [0.29, 0.717) is 4.48 Å². The summed E-state index contributed by atoms with van der Waals surface area (Å²) in [5.41, 5.74) is 0. The molecule has 26 heavy (non-hydrogen) atoms. The van der Waals surface area contributed by atoms with Crippen molar-refractivity contribution >= 4 is 5.97 Å². The van der Waals surface area contributed by atoms with Crippen molar-refractivity contribution < 1.29 is 19.9 Å². The van der Waals surface area contributed by atoms with E-state index in [1.165, 1.54) is 83.5 Å². The lowest BCUT2D eigenvalue weighted by atomic mass is 10.1. The Bertz CT molecular complexity index is 340. The molecule has 0 aliphatic rings. The zero-order valence-corrected chi connectivity index (χ0v) is 17.7. The molecule has 0 spiro atoms. The fourth-order valence-corrected chi connectivity index (χ4v) is 3.23. The molecule has 2 N–H and O–H groups in total. The number of carbonyl (C=O) groups is 1. The Kier molecular flexibility index (Phi) is 19.9. The van der Waals surface area contributed by atoms with Crippen LogP contribution in [0.1, 0.15) is 96.8 Å². The lowest BCUT2D eigenvalue weighted by molar-refractivity contribution is -0.883. The number of quaternary nitrogens is 1. The minimum absolute atomic E-state index is 0. The smallest absolute Gasteiger partial charge is 0.359 e. The molecule has 0 aliphatic carbocycles. The van der Waals surface area contributed by atoms with E-state index < -0.39 is 5.97 Å². The van der Waals surface area contributed by atoms with E-state index in [2.05, 4.69) is 19.1 Å². The number of carboxylic acids is 1. The Hall–Kier alpha value is -0.870. The van der Waals surface area contributed by atoms with Crippen LogP contribution in [0.2, 0.25) is 0 Å². The van der Waals surface area contributed by atoms with Crippen LogP contribution in [0.5, 0.6) is 0 Å². The van der Waals surface area contributed by atoms with Crippen molar-refractivity contribution in [2.45, 2.75) is 96.8 Å². The van der Waals surface area contributed by atoms with E-state index in [-0.39, 0.29) is 12.0 Å². The molecule has 0 amide bonds. The molecule has 4 nitrogen and oxygen atoms in total. The lowest BCUT2D eigenvalue weighted by Gasteiger charge is -2.27. The number of unbranched alkanes of at least 4 members (excludes halogenated alkanes) is 12. The first kappa shape index (κ1) is 27.3. The van der Waals surface area contributed by atoms with Crippen molar-refractivity contribution in [3.63, 3.8) is 0 Å². The average molecular weight is 372 g/mol. The Morgan fingerprint density at radius 1 is 0.769 bits per heavy atom. The fourth-order valence-electron chi connectivity index (χ4n) is 3.23. The zero-order valence-electron chi connectivity index (χ0n) is 17.7. The van der Waals surface area contributed by atoms with Gasteiger partial charge in [-0.1, -0.05) is 70.4 Å². The van der Waals surface area contributed by atoms with E-state index in [4.69, 9.17) is 5.11 Å². The van der Waals surface area contributed by atoms with E-state index in [1.54, 1.807) is 0 Å². The van der Waals surface area contributed by atoms with Gasteiger partial charge in [-0.15, -0.1) is 0 Å². The molecule has 0 bridgehead atoms.